The van der Waals surface area contributed by atoms with E-state index in [1.165, 1.54) is 6.26 Å². The SMILES string of the molecule is CS(=O)(=O)C1CCCC1NCC1CC(O)C1. The Balaban J connectivity index is 1.80. The normalized spacial score (nSPS) is 39.6. The van der Waals surface area contributed by atoms with Crippen molar-refractivity contribution in [1.82, 2.24) is 5.32 Å². The third-order valence-electron chi connectivity index (χ3n) is 3.88. The van der Waals surface area contributed by atoms with E-state index in [4.69, 9.17) is 5.11 Å². The Hall–Kier alpha value is -0.130. The van der Waals surface area contributed by atoms with E-state index in [9.17, 15) is 8.42 Å². The maximum Gasteiger partial charge on any atom is 0.151 e. The van der Waals surface area contributed by atoms with Crippen LogP contribution in [0.2, 0.25) is 0 Å². The summed E-state index contributed by atoms with van der Waals surface area (Å²) in [5.41, 5.74) is 0. The molecule has 2 N–H and O–H groups in total. The molecule has 0 saturated heterocycles. The Labute approximate surface area is 97.3 Å². The average molecular weight is 247 g/mol. The molecule has 0 amide bonds. The van der Waals surface area contributed by atoms with Gasteiger partial charge in [0.15, 0.2) is 9.84 Å². The van der Waals surface area contributed by atoms with Crippen LogP contribution in [0, 0.1) is 5.92 Å². The largest absolute Gasteiger partial charge is 0.393 e. The maximum atomic E-state index is 11.5. The first kappa shape index (κ1) is 12.3. The van der Waals surface area contributed by atoms with E-state index in [0.717, 1.165) is 38.6 Å². The van der Waals surface area contributed by atoms with Crippen LogP contribution in [0.25, 0.3) is 0 Å². The topological polar surface area (TPSA) is 66.4 Å². The Morgan fingerprint density at radius 1 is 1.31 bits per heavy atom. The van der Waals surface area contributed by atoms with Crippen LogP contribution in [-0.4, -0.2) is 43.7 Å². The van der Waals surface area contributed by atoms with E-state index in [-0.39, 0.29) is 17.4 Å². The lowest BCUT2D eigenvalue weighted by atomic mass is 9.82. The van der Waals surface area contributed by atoms with E-state index < -0.39 is 9.84 Å². The van der Waals surface area contributed by atoms with Gasteiger partial charge in [-0.3, -0.25) is 0 Å². The number of sulfone groups is 1. The number of aliphatic hydroxyl groups excluding tert-OH is 1. The number of nitrogens with one attached hydrogen (secondary N) is 1. The lowest BCUT2D eigenvalue weighted by Gasteiger charge is -2.33. The molecule has 16 heavy (non-hydrogen) atoms. The minimum absolute atomic E-state index is 0.124. The summed E-state index contributed by atoms with van der Waals surface area (Å²) >= 11 is 0. The molecule has 0 heterocycles. The molecule has 2 rings (SSSR count). The first-order valence-electron chi connectivity index (χ1n) is 6.07. The second-order valence-corrected chi connectivity index (χ2v) is 7.57. The first-order valence-corrected chi connectivity index (χ1v) is 8.02. The summed E-state index contributed by atoms with van der Waals surface area (Å²) in [5, 5.41) is 12.3. The van der Waals surface area contributed by atoms with E-state index >= 15 is 0 Å². The maximum absolute atomic E-state index is 11.5. The van der Waals surface area contributed by atoms with Crippen molar-refractivity contribution in [3.8, 4) is 0 Å². The van der Waals surface area contributed by atoms with Gasteiger partial charge in [-0.2, -0.15) is 0 Å². The van der Waals surface area contributed by atoms with E-state index in [0.29, 0.717) is 5.92 Å². The van der Waals surface area contributed by atoms with Gasteiger partial charge in [0.1, 0.15) is 0 Å². The highest BCUT2D eigenvalue weighted by atomic mass is 32.2. The molecule has 2 saturated carbocycles. The quantitative estimate of drug-likeness (QED) is 0.750. The fraction of sp³-hybridized carbons (Fsp3) is 1.00. The van der Waals surface area contributed by atoms with E-state index in [2.05, 4.69) is 5.32 Å². The van der Waals surface area contributed by atoms with Crippen molar-refractivity contribution in [2.75, 3.05) is 12.8 Å². The Kier molecular flexibility index (Phi) is 3.56. The van der Waals surface area contributed by atoms with Crippen molar-refractivity contribution < 1.29 is 13.5 Å². The Morgan fingerprint density at radius 2 is 2.00 bits per heavy atom. The molecule has 2 atom stereocenters. The second kappa shape index (κ2) is 4.63. The van der Waals surface area contributed by atoms with Gasteiger partial charge in [0.25, 0.3) is 0 Å². The predicted molar refractivity (Wildman–Crippen MR) is 63.0 cm³/mol. The molecule has 0 radical (unpaired) electrons. The summed E-state index contributed by atoms with van der Waals surface area (Å²) in [6, 6.07) is 0.132. The lowest BCUT2D eigenvalue weighted by Crippen LogP contribution is -2.45. The summed E-state index contributed by atoms with van der Waals surface area (Å²) in [6.45, 7) is 0.855. The standard InChI is InChI=1S/C11H21NO3S/c1-16(14,15)11-4-2-3-10(11)12-7-8-5-9(13)6-8/h8-13H,2-7H2,1H3. The molecule has 0 spiro atoms. The van der Waals surface area contributed by atoms with Crippen LogP contribution in [-0.2, 0) is 9.84 Å². The molecule has 0 bridgehead atoms. The molecular weight excluding hydrogens is 226 g/mol. The van der Waals surface area contributed by atoms with E-state index in [1.807, 2.05) is 0 Å². The van der Waals surface area contributed by atoms with Gasteiger partial charge in [0.2, 0.25) is 0 Å². The van der Waals surface area contributed by atoms with Crippen LogP contribution in [0.3, 0.4) is 0 Å². The fourth-order valence-corrected chi connectivity index (χ4v) is 4.28. The zero-order valence-corrected chi connectivity index (χ0v) is 10.5. The van der Waals surface area contributed by atoms with Crippen LogP contribution < -0.4 is 5.32 Å². The first-order chi connectivity index (χ1) is 7.47. The minimum Gasteiger partial charge on any atom is -0.393 e. The molecule has 5 heteroatoms. The van der Waals surface area contributed by atoms with Crippen molar-refractivity contribution in [2.24, 2.45) is 5.92 Å². The molecule has 0 aromatic heterocycles. The van der Waals surface area contributed by atoms with Crippen molar-refractivity contribution in [1.29, 1.82) is 0 Å². The van der Waals surface area contributed by atoms with Gasteiger partial charge >= 0.3 is 0 Å². The molecule has 2 fully saturated rings. The summed E-state index contributed by atoms with van der Waals surface area (Å²) in [6.07, 6.45) is 5.71. The molecule has 4 nitrogen and oxygen atoms in total. The minimum atomic E-state index is -2.91. The molecule has 2 aliphatic rings. The number of aliphatic hydroxyl groups is 1. The highest BCUT2D eigenvalue weighted by Gasteiger charge is 2.35. The van der Waals surface area contributed by atoms with Crippen molar-refractivity contribution in [3.05, 3.63) is 0 Å². The van der Waals surface area contributed by atoms with Gasteiger partial charge in [-0.15, -0.1) is 0 Å². The van der Waals surface area contributed by atoms with Crippen LogP contribution in [0.5, 0.6) is 0 Å². The summed E-state index contributed by atoms with van der Waals surface area (Å²) in [7, 11) is -2.91. The highest BCUT2D eigenvalue weighted by molar-refractivity contribution is 7.91. The van der Waals surface area contributed by atoms with E-state index in [1.54, 1.807) is 0 Å². The average Bonchev–Trinajstić information content (AvgIpc) is 2.57. The van der Waals surface area contributed by atoms with Gasteiger partial charge in [0.05, 0.1) is 11.4 Å². The van der Waals surface area contributed by atoms with Gasteiger partial charge in [-0.1, -0.05) is 6.42 Å². The Bertz CT molecular complexity index is 335. The summed E-state index contributed by atoms with van der Waals surface area (Å²) < 4.78 is 23.1. The van der Waals surface area contributed by atoms with Gasteiger partial charge in [-0.25, -0.2) is 8.42 Å². The van der Waals surface area contributed by atoms with Crippen molar-refractivity contribution >= 4 is 9.84 Å². The molecule has 0 aliphatic heterocycles. The number of rotatable bonds is 4. The summed E-state index contributed by atoms with van der Waals surface area (Å²) in [4.78, 5) is 0. The smallest absolute Gasteiger partial charge is 0.151 e. The van der Waals surface area contributed by atoms with Gasteiger partial charge < -0.3 is 10.4 Å². The van der Waals surface area contributed by atoms with Crippen molar-refractivity contribution in [3.63, 3.8) is 0 Å². The van der Waals surface area contributed by atoms with Crippen LogP contribution in [0.1, 0.15) is 32.1 Å². The fourth-order valence-electron chi connectivity index (χ4n) is 2.86. The monoisotopic (exact) mass is 247 g/mol. The van der Waals surface area contributed by atoms with Gasteiger partial charge in [-0.05, 0) is 38.1 Å². The molecule has 2 aliphatic carbocycles. The lowest BCUT2D eigenvalue weighted by molar-refractivity contribution is 0.0419. The third-order valence-corrected chi connectivity index (χ3v) is 5.55. The predicted octanol–water partition coefficient (Wildman–Crippen LogP) is 0.313. The Morgan fingerprint density at radius 3 is 2.56 bits per heavy atom. The number of hydrogen-bond donors (Lipinski definition) is 2. The molecule has 2 unspecified atom stereocenters. The van der Waals surface area contributed by atoms with Crippen molar-refractivity contribution in [2.45, 2.75) is 49.5 Å². The zero-order chi connectivity index (χ0) is 11.8. The van der Waals surface area contributed by atoms with Crippen LogP contribution in [0.15, 0.2) is 0 Å². The third kappa shape index (κ3) is 2.76. The highest BCUT2D eigenvalue weighted by Crippen LogP contribution is 2.29. The second-order valence-electron chi connectivity index (χ2n) is 5.30. The molecule has 0 aromatic rings. The summed E-state index contributed by atoms with van der Waals surface area (Å²) in [5.74, 6) is 0.538. The molecule has 0 aromatic carbocycles. The van der Waals surface area contributed by atoms with Crippen LogP contribution in [0.4, 0.5) is 0 Å². The van der Waals surface area contributed by atoms with Crippen LogP contribution >= 0.6 is 0 Å². The zero-order valence-electron chi connectivity index (χ0n) is 9.72. The molecule has 94 valence electrons. The number of hydrogen-bond acceptors (Lipinski definition) is 4. The molecular formula is C11H21NO3S. The van der Waals surface area contributed by atoms with Gasteiger partial charge in [0, 0.05) is 12.3 Å².